The first-order valence-corrected chi connectivity index (χ1v) is 9.22. The normalized spacial score (nSPS) is 22.4. The van der Waals surface area contributed by atoms with Crippen molar-refractivity contribution in [1.82, 2.24) is 0 Å². The third kappa shape index (κ3) is 4.81. The summed E-state index contributed by atoms with van der Waals surface area (Å²) in [5.74, 6) is 1.74. The molecule has 2 heteroatoms. The highest BCUT2D eigenvalue weighted by Gasteiger charge is 2.22. The predicted molar refractivity (Wildman–Crippen MR) is 102 cm³/mol. The van der Waals surface area contributed by atoms with Crippen LogP contribution >= 0.6 is 12.2 Å². The smallest absolute Gasteiger partial charge is 0.0851 e. The Morgan fingerprint density at radius 1 is 1.09 bits per heavy atom. The first-order chi connectivity index (χ1) is 10.4. The summed E-state index contributed by atoms with van der Waals surface area (Å²) in [4.78, 5) is 0.903. The minimum absolute atomic E-state index is 0.0195. The van der Waals surface area contributed by atoms with Crippen molar-refractivity contribution in [3.8, 4) is 0 Å². The van der Waals surface area contributed by atoms with Crippen LogP contribution in [0.3, 0.4) is 0 Å². The SMILES string of the molecule is CCCC1CCC(c2ccc(NC(=S)C(C)(C)C)cc2)CC1. The summed E-state index contributed by atoms with van der Waals surface area (Å²) in [5, 5.41) is 3.37. The van der Waals surface area contributed by atoms with Gasteiger partial charge in [0.2, 0.25) is 0 Å². The van der Waals surface area contributed by atoms with E-state index in [4.69, 9.17) is 12.2 Å². The van der Waals surface area contributed by atoms with E-state index < -0.39 is 0 Å². The molecule has 0 heterocycles. The molecule has 1 aromatic carbocycles. The van der Waals surface area contributed by atoms with Crippen LogP contribution in [0.5, 0.6) is 0 Å². The molecule has 1 saturated carbocycles. The van der Waals surface area contributed by atoms with Crippen molar-refractivity contribution in [2.45, 2.75) is 72.1 Å². The Bertz CT molecular complexity index is 475. The number of nitrogens with one attached hydrogen (secondary N) is 1. The Hall–Kier alpha value is -0.890. The van der Waals surface area contributed by atoms with Gasteiger partial charge in [0.1, 0.15) is 0 Å². The van der Waals surface area contributed by atoms with E-state index in [-0.39, 0.29) is 5.41 Å². The summed E-state index contributed by atoms with van der Waals surface area (Å²) in [6, 6.07) is 8.95. The van der Waals surface area contributed by atoms with Gasteiger partial charge in [0.05, 0.1) is 4.99 Å². The van der Waals surface area contributed by atoms with Gasteiger partial charge in [-0.15, -0.1) is 0 Å². The van der Waals surface area contributed by atoms with E-state index in [1.54, 1.807) is 0 Å². The Balaban J connectivity index is 1.91. The van der Waals surface area contributed by atoms with Gasteiger partial charge in [-0.25, -0.2) is 0 Å². The lowest BCUT2D eigenvalue weighted by molar-refractivity contribution is 0.308. The summed E-state index contributed by atoms with van der Waals surface area (Å²) >= 11 is 5.46. The molecule has 0 spiro atoms. The molecule has 0 bridgehead atoms. The Kier molecular flexibility index (Phi) is 6.02. The molecule has 122 valence electrons. The molecule has 0 aromatic heterocycles. The fourth-order valence-corrected chi connectivity index (χ4v) is 3.47. The average Bonchev–Trinajstić information content (AvgIpc) is 2.48. The van der Waals surface area contributed by atoms with Gasteiger partial charge in [-0.1, -0.05) is 64.9 Å². The molecule has 1 N–H and O–H groups in total. The quantitative estimate of drug-likeness (QED) is 0.632. The predicted octanol–water partition coefficient (Wildman–Crippen LogP) is 6.55. The van der Waals surface area contributed by atoms with Gasteiger partial charge in [0, 0.05) is 11.1 Å². The Labute approximate surface area is 141 Å². The monoisotopic (exact) mass is 317 g/mol. The zero-order chi connectivity index (χ0) is 16.2. The zero-order valence-electron chi connectivity index (χ0n) is 14.6. The summed E-state index contributed by atoms with van der Waals surface area (Å²) in [6.07, 6.45) is 8.29. The molecule has 1 aromatic rings. The van der Waals surface area contributed by atoms with Gasteiger partial charge in [-0.3, -0.25) is 0 Å². The fourth-order valence-electron chi connectivity index (χ4n) is 3.35. The third-order valence-electron chi connectivity index (χ3n) is 4.86. The van der Waals surface area contributed by atoms with E-state index in [2.05, 4.69) is 57.3 Å². The molecule has 0 amide bonds. The number of rotatable bonds is 4. The van der Waals surface area contributed by atoms with Gasteiger partial charge in [0.25, 0.3) is 0 Å². The highest BCUT2D eigenvalue weighted by Crippen LogP contribution is 2.37. The molecule has 0 aliphatic heterocycles. The van der Waals surface area contributed by atoms with Crippen molar-refractivity contribution >= 4 is 22.9 Å². The van der Waals surface area contributed by atoms with Crippen LogP contribution < -0.4 is 5.32 Å². The number of thiocarbonyl (C=S) groups is 1. The lowest BCUT2D eigenvalue weighted by Gasteiger charge is -2.29. The topological polar surface area (TPSA) is 12.0 Å². The lowest BCUT2D eigenvalue weighted by atomic mass is 9.77. The molecule has 22 heavy (non-hydrogen) atoms. The molecule has 2 rings (SSSR count). The molecule has 0 radical (unpaired) electrons. The van der Waals surface area contributed by atoms with E-state index in [0.29, 0.717) is 0 Å². The van der Waals surface area contributed by atoms with E-state index in [1.165, 1.54) is 44.1 Å². The second-order valence-corrected chi connectivity index (χ2v) is 8.24. The zero-order valence-corrected chi connectivity index (χ0v) is 15.4. The van der Waals surface area contributed by atoms with Gasteiger partial charge < -0.3 is 5.32 Å². The van der Waals surface area contributed by atoms with Crippen LogP contribution in [0.1, 0.15) is 77.7 Å². The molecule has 0 unspecified atom stereocenters. The fraction of sp³-hybridized carbons (Fsp3) is 0.650. The molecule has 0 atom stereocenters. The number of hydrogen-bond donors (Lipinski definition) is 1. The van der Waals surface area contributed by atoms with Crippen LogP contribution in [0.25, 0.3) is 0 Å². The van der Waals surface area contributed by atoms with Crippen LogP contribution in [0.4, 0.5) is 5.69 Å². The van der Waals surface area contributed by atoms with E-state index >= 15 is 0 Å². The molecule has 1 fully saturated rings. The van der Waals surface area contributed by atoms with E-state index in [9.17, 15) is 0 Å². The number of anilines is 1. The lowest BCUT2D eigenvalue weighted by Crippen LogP contribution is -2.25. The minimum Gasteiger partial charge on any atom is -0.350 e. The van der Waals surface area contributed by atoms with Crippen LogP contribution in [-0.4, -0.2) is 4.99 Å². The van der Waals surface area contributed by atoms with Crippen LogP contribution in [0, 0.1) is 11.3 Å². The van der Waals surface area contributed by atoms with Crippen LogP contribution in [0.2, 0.25) is 0 Å². The minimum atomic E-state index is 0.0195. The maximum absolute atomic E-state index is 5.46. The van der Waals surface area contributed by atoms with Gasteiger partial charge >= 0.3 is 0 Å². The van der Waals surface area contributed by atoms with E-state index in [0.717, 1.165) is 22.5 Å². The number of benzene rings is 1. The first kappa shape index (κ1) is 17.5. The van der Waals surface area contributed by atoms with Gasteiger partial charge in [-0.2, -0.15) is 0 Å². The highest BCUT2D eigenvalue weighted by molar-refractivity contribution is 7.80. The van der Waals surface area contributed by atoms with Crippen molar-refractivity contribution in [3.05, 3.63) is 29.8 Å². The highest BCUT2D eigenvalue weighted by atomic mass is 32.1. The molecule has 1 aliphatic rings. The number of hydrogen-bond acceptors (Lipinski definition) is 1. The summed E-state index contributed by atoms with van der Waals surface area (Å²) in [5.41, 5.74) is 2.64. The maximum atomic E-state index is 5.46. The third-order valence-corrected chi connectivity index (χ3v) is 5.58. The molecular weight excluding hydrogens is 286 g/mol. The van der Waals surface area contributed by atoms with Crippen molar-refractivity contribution < 1.29 is 0 Å². The van der Waals surface area contributed by atoms with Gasteiger partial charge in [-0.05, 0) is 55.2 Å². The molecule has 1 nitrogen and oxygen atoms in total. The van der Waals surface area contributed by atoms with Crippen molar-refractivity contribution in [2.75, 3.05) is 5.32 Å². The van der Waals surface area contributed by atoms with Crippen molar-refractivity contribution in [2.24, 2.45) is 11.3 Å². The maximum Gasteiger partial charge on any atom is 0.0851 e. The molecule has 0 saturated heterocycles. The molecular formula is C20H31NS. The van der Waals surface area contributed by atoms with Gasteiger partial charge in [0.15, 0.2) is 0 Å². The Morgan fingerprint density at radius 3 is 2.18 bits per heavy atom. The van der Waals surface area contributed by atoms with Crippen LogP contribution in [-0.2, 0) is 0 Å². The van der Waals surface area contributed by atoms with Crippen molar-refractivity contribution in [1.29, 1.82) is 0 Å². The summed E-state index contributed by atoms with van der Waals surface area (Å²) in [7, 11) is 0. The summed E-state index contributed by atoms with van der Waals surface area (Å²) < 4.78 is 0. The standard InChI is InChI=1S/C20H31NS/c1-5-6-15-7-9-16(10-8-15)17-11-13-18(14-12-17)21-19(22)20(2,3)4/h11-16H,5-10H2,1-4H3,(H,21,22). The Morgan fingerprint density at radius 2 is 1.68 bits per heavy atom. The molecule has 1 aliphatic carbocycles. The largest absolute Gasteiger partial charge is 0.350 e. The average molecular weight is 318 g/mol. The van der Waals surface area contributed by atoms with E-state index in [1.807, 2.05) is 0 Å². The van der Waals surface area contributed by atoms with Crippen molar-refractivity contribution in [3.63, 3.8) is 0 Å². The first-order valence-electron chi connectivity index (χ1n) is 8.81. The second-order valence-electron chi connectivity index (χ2n) is 7.83. The second kappa shape index (κ2) is 7.59. The van der Waals surface area contributed by atoms with Crippen LogP contribution in [0.15, 0.2) is 24.3 Å². The summed E-state index contributed by atoms with van der Waals surface area (Å²) in [6.45, 7) is 8.74.